The molecule has 10 heteroatoms. The highest BCUT2D eigenvalue weighted by Crippen LogP contribution is 2.26. The number of nitrogens with zero attached hydrogens (tertiary/aromatic N) is 2. The average Bonchev–Trinajstić information content (AvgIpc) is 2.63. The highest BCUT2D eigenvalue weighted by molar-refractivity contribution is 7.89. The van der Waals surface area contributed by atoms with Gasteiger partial charge in [-0.2, -0.15) is 4.31 Å². The Hall–Kier alpha value is -1.68. The van der Waals surface area contributed by atoms with Gasteiger partial charge in [0.1, 0.15) is 0 Å². The van der Waals surface area contributed by atoms with Crippen molar-refractivity contribution in [3.8, 4) is 0 Å². The zero-order valence-corrected chi connectivity index (χ0v) is 17.7. The molecule has 0 spiro atoms. The first-order valence-corrected chi connectivity index (χ1v) is 10.6. The van der Waals surface area contributed by atoms with Crippen molar-refractivity contribution >= 4 is 39.9 Å². The van der Waals surface area contributed by atoms with Crippen molar-refractivity contribution in [3.05, 3.63) is 23.8 Å². The number of nitrogens with one attached hydrogen (secondary N) is 2. The highest BCUT2D eigenvalue weighted by atomic mass is 35.5. The molecule has 8 nitrogen and oxygen atoms in total. The summed E-state index contributed by atoms with van der Waals surface area (Å²) in [5.74, 6) is -0.225. The Labute approximate surface area is 172 Å². The first-order chi connectivity index (χ1) is 12.8. The Balaban J connectivity index is 0.00000280. The van der Waals surface area contributed by atoms with E-state index in [2.05, 4.69) is 10.6 Å². The third-order valence-electron chi connectivity index (χ3n) is 5.08. The predicted molar refractivity (Wildman–Crippen MR) is 109 cm³/mol. The summed E-state index contributed by atoms with van der Waals surface area (Å²) in [6.45, 7) is 5.58. The van der Waals surface area contributed by atoms with Crippen molar-refractivity contribution < 1.29 is 18.0 Å². The molecule has 2 N–H and O–H groups in total. The Bertz CT molecular complexity index is 846. The van der Waals surface area contributed by atoms with Gasteiger partial charge in [0, 0.05) is 44.8 Å². The van der Waals surface area contributed by atoms with Gasteiger partial charge in [-0.25, -0.2) is 8.42 Å². The predicted octanol–water partition coefficient (Wildman–Crippen LogP) is 0.960. The van der Waals surface area contributed by atoms with Crippen LogP contribution in [0.1, 0.15) is 25.3 Å². The van der Waals surface area contributed by atoms with Gasteiger partial charge in [-0.15, -0.1) is 12.4 Å². The third kappa shape index (κ3) is 4.83. The molecule has 1 aromatic rings. The molecule has 156 valence electrons. The number of aryl methyl sites for hydroxylation is 1. The summed E-state index contributed by atoms with van der Waals surface area (Å²) in [5.41, 5.74) is 1.29. The molecule has 3 rings (SSSR count). The van der Waals surface area contributed by atoms with Crippen molar-refractivity contribution in [3.63, 3.8) is 0 Å². The molecular formula is C18H27ClN4O4S. The maximum absolute atomic E-state index is 13.1. The number of hydrogen-bond acceptors (Lipinski definition) is 5. The average molecular weight is 431 g/mol. The fourth-order valence-electron chi connectivity index (χ4n) is 3.64. The normalized spacial score (nSPS) is 21.1. The number of halogens is 1. The standard InChI is InChI=1S/C18H26N4O4S.ClH/c1-13-5-6-16(10-17(13)20-14(2)23)27(25,26)21-8-3-4-15(12-21)22-9-7-19-11-18(22)24;/h5-6,10,15,19H,3-4,7-9,11-12H2,1-2H3,(H,20,23);1H. The van der Waals surface area contributed by atoms with Gasteiger partial charge >= 0.3 is 0 Å². The van der Waals surface area contributed by atoms with E-state index < -0.39 is 10.0 Å². The molecule has 0 radical (unpaired) electrons. The molecule has 0 aromatic heterocycles. The van der Waals surface area contributed by atoms with E-state index in [4.69, 9.17) is 0 Å². The molecule has 2 fully saturated rings. The van der Waals surface area contributed by atoms with Gasteiger partial charge in [0.25, 0.3) is 0 Å². The fraction of sp³-hybridized carbons (Fsp3) is 0.556. The largest absolute Gasteiger partial charge is 0.336 e. The van der Waals surface area contributed by atoms with Gasteiger partial charge in [-0.1, -0.05) is 6.07 Å². The van der Waals surface area contributed by atoms with Crippen LogP contribution in [0.15, 0.2) is 23.1 Å². The van der Waals surface area contributed by atoms with Crippen molar-refractivity contribution in [1.82, 2.24) is 14.5 Å². The second-order valence-electron chi connectivity index (χ2n) is 7.08. The number of piperidine rings is 1. The van der Waals surface area contributed by atoms with Crippen LogP contribution in [-0.2, 0) is 19.6 Å². The van der Waals surface area contributed by atoms with E-state index in [1.165, 1.54) is 17.3 Å². The van der Waals surface area contributed by atoms with E-state index in [1.54, 1.807) is 17.0 Å². The van der Waals surface area contributed by atoms with Crippen LogP contribution >= 0.6 is 12.4 Å². The molecule has 0 saturated carbocycles. The summed E-state index contributed by atoms with van der Waals surface area (Å²) < 4.78 is 27.7. The molecular weight excluding hydrogens is 404 g/mol. The quantitative estimate of drug-likeness (QED) is 0.741. The smallest absolute Gasteiger partial charge is 0.243 e. The highest BCUT2D eigenvalue weighted by Gasteiger charge is 2.35. The number of sulfonamides is 1. The molecule has 0 aliphatic carbocycles. The number of carbonyl (C=O) groups excluding carboxylic acids is 2. The van der Waals surface area contributed by atoms with Crippen LogP contribution in [0.2, 0.25) is 0 Å². The van der Waals surface area contributed by atoms with Crippen LogP contribution in [0, 0.1) is 6.92 Å². The van der Waals surface area contributed by atoms with Gasteiger partial charge < -0.3 is 15.5 Å². The van der Waals surface area contributed by atoms with Crippen LogP contribution in [0.3, 0.4) is 0 Å². The van der Waals surface area contributed by atoms with E-state index in [0.717, 1.165) is 18.5 Å². The maximum Gasteiger partial charge on any atom is 0.243 e. The zero-order valence-electron chi connectivity index (χ0n) is 16.1. The lowest BCUT2D eigenvalue weighted by Crippen LogP contribution is -2.57. The van der Waals surface area contributed by atoms with Crippen molar-refractivity contribution in [2.75, 3.05) is 38.0 Å². The molecule has 28 heavy (non-hydrogen) atoms. The number of amides is 2. The lowest BCUT2D eigenvalue weighted by atomic mass is 10.1. The molecule has 1 aromatic carbocycles. The number of piperazine rings is 1. The van der Waals surface area contributed by atoms with Crippen LogP contribution < -0.4 is 10.6 Å². The summed E-state index contributed by atoms with van der Waals surface area (Å²) in [5, 5.41) is 5.71. The second-order valence-corrected chi connectivity index (χ2v) is 9.02. The molecule has 2 saturated heterocycles. The summed E-state index contributed by atoms with van der Waals surface area (Å²) in [7, 11) is -3.70. The minimum atomic E-state index is -3.70. The Morgan fingerprint density at radius 3 is 2.71 bits per heavy atom. The van der Waals surface area contributed by atoms with Gasteiger partial charge in [0.2, 0.25) is 21.8 Å². The van der Waals surface area contributed by atoms with E-state index in [9.17, 15) is 18.0 Å². The van der Waals surface area contributed by atoms with Gasteiger partial charge in [-0.05, 0) is 37.5 Å². The minimum Gasteiger partial charge on any atom is -0.336 e. The summed E-state index contributed by atoms with van der Waals surface area (Å²) >= 11 is 0. The van der Waals surface area contributed by atoms with Crippen molar-refractivity contribution in [2.45, 2.75) is 37.6 Å². The van der Waals surface area contributed by atoms with E-state index >= 15 is 0 Å². The molecule has 2 aliphatic rings. The SMILES string of the molecule is CC(=O)Nc1cc(S(=O)(=O)N2CCCC(N3CCNCC3=O)C2)ccc1C.Cl. The molecule has 2 heterocycles. The number of carbonyl (C=O) groups is 2. The van der Waals surface area contributed by atoms with Crippen LogP contribution in [0.5, 0.6) is 0 Å². The zero-order chi connectivity index (χ0) is 19.6. The third-order valence-corrected chi connectivity index (χ3v) is 6.94. The van der Waals surface area contributed by atoms with E-state index in [1.807, 2.05) is 6.92 Å². The Morgan fingerprint density at radius 2 is 2.04 bits per heavy atom. The van der Waals surface area contributed by atoms with Crippen LogP contribution in [0.4, 0.5) is 5.69 Å². The van der Waals surface area contributed by atoms with Crippen LogP contribution in [0.25, 0.3) is 0 Å². The Kier molecular flexibility index (Phi) is 7.44. The Morgan fingerprint density at radius 1 is 1.29 bits per heavy atom. The monoisotopic (exact) mass is 430 g/mol. The molecule has 0 bridgehead atoms. The van der Waals surface area contributed by atoms with Gasteiger partial charge in [-0.3, -0.25) is 9.59 Å². The van der Waals surface area contributed by atoms with Crippen molar-refractivity contribution in [1.29, 1.82) is 0 Å². The first-order valence-electron chi connectivity index (χ1n) is 9.17. The summed E-state index contributed by atoms with van der Waals surface area (Å²) in [6, 6.07) is 4.67. The lowest BCUT2D eigenvalue weighted by Gasteiger charge is -2.40. The van der Waals surface area contributed by atoms with E-state index in [0.29, 0.717) is 38.3 Å². The summed E-state index contributed by atoms with van der Waals surface area (Å²) in [6.07, 6.45) is 1.52. The molecule has 1 atom stereocenters. The van der Waals surface area contributed by atoms with E-state index in [-0.39, 0.29) is 35.2 Å². The fourth-order valence-corrected chi connectivity index (χ4v) is 5.18. The topological polar surface area (TPSA) is 98.8 Å². The minimum absolute atomic E-state index is 0. The lowest BCUT2D eigenvalue weighted by molar-refractivity contribution is -0.135. The molecule has 1 unspecified atom stereocenters. The van der Waals surface area contributed by atoms with Crippen LogP contribution in [-0.4, -0.2) is 68.2 Å². The molecule has 2 amide bonds. The second kappa shape index (κ2) is 9.21. The maximum atomic E-state index is 13.1. The number of benzene rings is 1. The van der Waals surface area contributed by atoms with Gasteiger partial charge in [0.05, 0.1) is 11.4 Å². The van der Waals surface area contributed by atoms with Crippen molar-refractivity contribution in [2.24, 2.45) is 0 Å². The number of hydrogen-bond donors (Lipinski definition) is 2. The first kappa shape index (κ1) is 22.6. The number of rotatable bonds is 4. The van der Waals surface area contributed by atoms with Gasteiger partial charge in [0.15, 0.2) is 0 Å². The summed E-state index contributed by atoms with van der Waals surface area (Å²) in [4.78, 5) is 25.5. The number of anilines is 1. The molecule has 2 aliphatic heterocycles.